The van der Waals surface area contributed by atoms with Gasteiger partial charge in [-0.05, 0) is 72.6 Å². The fourth-order valence-electron chi connectivity index (χ4n) is 4.42. The molecule has 1 unspecified atom stereocenters. The van der Waals surface area contributed by atoms with Crippen LogP contribution in [0.1, 0.15) is 29.7 Å². The molecular weight excluding hydrogens is 454 g/mol. The third-order valence-electron chi connectivity index (χ3n) is 6.02. The van der Waals surface area contributed by atoms with Gasteiger partial charge in [-0.3, -0.25) is 14.5 Å². The molecule has 0 aromatic heterocycles. The van der Waals surface area contributed by atoms with E-state index in [1.807, 2.05) is 6.92 Å². The molecule has 0 bridgehead atoms. The van der Waals surface area contributed by atoms with Gasteiger partial charge in [-0.15, -0.1) is 0 Å². The van der Waals surface area contributed by atoms with Crippen molar-refractivity contribution in [2.24, 2.45) is 0 Å². The first-order valence-corrected chi connectivity index (χ1v) is 11.4. The lowest BCUT2D eigenvalue weighted by molar-refractivity contribution is -0.132. The number of nitrogens with zero attached hydrogens (tertiary/aromatic N) is 1. The van der Waals surface area contributed by atoms with Gasteiger partial charge >= 0.3 is 0 Å². The number of halogens is 1. The Morgan fingerprint density at radius 2 is 1.82 bits per heavy atom. The van der Waals surface area contributed by atoms with Crippen LogP contribution in [-0.4, -0.2) is 30.0 Å². The van der Waals surface area contributed by atoms with Crippen molar-refractivity contribution >= 4 is 34.7 Å². The second-order valence-electron chi connectivity index (χ2n) is 8.07. The van der Waals surface area contributed by atoms with Gasteiger partial charge < -0.3 is 14.6 Å². The zero-order valence-corrected chi connectivity index (χ0v) is 19.2. The maximum absolute atomic E-state index is 13.3. The Morgan fingerprint density at radius 1 is 1.09 bits per heavy atom. The summed E-state index contributed by atoms with van der Waals surface area (Å²) in [5, 5.41) is 11.8. The van der Waals surface area contributed by atoms with Crippen LogP contribution in [0.25, 0.3) is 5.76 Å². The summed E-state index contributed by atoms with van der Waals surface area (Å²) in [5.74, 6) is -0.258. The number of aliphatic hydroxyl groups is 1. The number of Topliss-reactive ketones (excluding diaryl/α,β-unsaturated/α-hetero) is 1. The van der Waals surface area contributed by atoms with E-state index >= 15 is 0 Å². The van der Waals surface area contributed by atoms with Gasteiger partial charge in [-0.1, -0.05) is 23.7 Å². The summed E-state index contributed by atoms with van der Waals surface area (Å²) in [6.07, 6.45) is 0.720. The Balaban J connectivity index is 1.65. The Kier molecular flexibility index (Phi) is 5.75. The van der Waals surface area contributed by atoms with Crippen molar-refractivity contribution in [3.63, 3.8) is 0 Å². The van der Waals surface area contributed by atoms with Crippen molar-refractivity contribution in [1.82, 2.24) is 0 Å². The van der Waals surface area contributed by atoms with E-state index in [-0.39, 0.29) is 11.3 Å². The molecule has 6 nitrogen and oxygen atoms in total. The van der Waals surface area contributed by atoms with E-state index in [0.717, 1.165) is 17.7 Å². The Labute approximate surface area is 202 Å². The number of hydrogen-bond acceptors (Lipinski definition) is 5. The quantitative estimate of drug-likeness (QED) is 0.308. The maximum Gasteiger partial charge on any atom is 0.300 e. The molecule has 34 heavy (non-hydrogen) atoms. The molecule has 3 aromatic carbocycles. The molecule has 1 fully saturated rings. The number of fused-ring (bicyclic) bond motifs is 1. The molecule has 1 amide bonds. The lowest BCUT2D eigenvalue weighted by atomic mass is 9.94. The van der Waals surface area contributed by atoms with Gasteiger partial charge in [0.15, 0.2) is 0 Å². The van der Waals surface area contributed by atoms with E-state index in [9.17, 15) is 14.7 Å². The summed E-state index contributed by atoms with van der Waals surface area (Å²) in [5.41, 5.74) is 2.62. The summed E-state index contributed by atoms with van der Waals surface area (Å²) in [7, 11) is 0. The molecule has 0 radical (unpaired) electrons. The van der Waals surface area contributed by atoms with Crippen LogP contribution in [0.2, 0.25) is 5.02 Å². The van der Waals surface area contributed by atoms with Crippen molar-refractivity contribution in [3.8, 4) is 11.5 Å². The molecule has 2 heterocycles. The van der Waals surface area contributed by atoms with E-state index in [1.165, 1.54) is 4.90 Å². The zero-order chi connectivity index (χ0) is 23.8. The highest BCUT2D eigenvalue weighted by Crippen LogP contribution is 2.43. The first kappa shape index (κ1) is 22.0. The first-order valence-electron chi connectivity index (χ1n) is 11.0. The van der Waals surface area contributed by atoms with Gasteiger partial charge in [0.25, 0.3) is 11.7 Å². The highest BCUT2D eigenvalue weighted by atomic mass is 35.5. The molecule has 0 spiro atoms. The van der Waals surface area contributed by atoms with E-state index in [1.54, 1.807) is 66.7 Å². The fourth-order valence-corrected chi connectivity index (χ4v) is 4.54. The van der Waals surface area contributed by atoms with Gasteiger partial charge in [-0.25, -0.2) is 0 Å². The second kappa shape index (κ2) is 8.88. The number of benzene rings is 3. The third kappa shape index (κ3) is 3.80. The van der Waals surface area contributed by atoms with Crippen LogP contribution in [0.3, 0.4) is 0 Å². The largest absolute Gasteiger partial charge is 0.507 e. The van der Waals surface area contributed by atoms with Crippen LogP contribution in [-0.2, 0) is 16.0 Å². The van der Waals surface area contributed by atoms with Gasteiger partial charge in [0.1, 0.15) is 17.3 Å². The van der Waals surface area contributed by atoms with Crippen LogP contribution < -0.4 is 14.4 Å². The van der Waals surface area contributed by atoms with Crippen molar-refractivity contribution in [1.29, 1.82) is 0 Å². The number of carbonyl (C=O) groups is 2. The summed E-state index contributed by atoms with van der Waals surface area (Å²) >= 11 is 6.09. The molecule has 0 aliphatic carbocycles. The zero-order valence-electron chi connectivity index (χ0n) is 18.5. The summed E-state index contributed by atoms with van der Waals surface area (Å²) in [6, 6.07) is 18.3. The van der Waals surface area contributed by atoms with E-state index in [4.69, 9.17) is 21.1 Å². The molecule has 7 heteroatoms. The van der Waals surface area contributed by atoms with Crippen molar-refractivity contribution in [2.45, 2.75) is 19.4 Å². The Morgan fingerprint density at radius 3 is 2.53 bits per heavy atom. The average Bonchev–Trinajstić information content (AvgIpc) is 3.42. The molecule has 2 aliphatic rings. The molecule has 3 aromatic rings. The number of ketones is 1. The smallest absolute Gasteiger partial charge is 0.300 e. The van der Waals surface area contributed by atoms with Crippen molar-refractivity contribution < 1.29 is 24.2 Å². The highest BCUT2D eigenvalue weighted by Gasteiger charge is 2.47. The monoisotopic (exact) mass is 475 g/mol. The number of carbonyl (C=O) groups excluding carboxylic acids is 2. The number of aliphatic hydroxyl groups excluding tert-OH is 1. The van der Waals surface area contributed by atoms with Crippen LogP contribution in [0.4, 0.5) is 5.69 Å². The van der Waals surface area contributed by atoms with E-state index < -0.39 is 17.7 Å². The predicted octanol–water partition coefficient (Wildman–Crippen LogP) is 5.30. The molecule has 1 atom stereocenters. The standard InChI is InChI=1S/C27H22ClNO5/c1-2-33-21-10-8-20(9-11-21)29-24(16-3-6-19(28)7-4-16)23(26(31)27(29)32)25(30)18-5-12-22-17(15-18)13-14-34-22/h3-12,15,24,30H,2,13-14H2,1H3/b25-23-. The molecule has 0 saturated carbocycles. The van der Waals surface area contributed by atoms with E-state index in [0.29, 0.717) is 40.8 Å². The predicted molar refractivity (Wildman–Crippen MR) is 129 cm³/mol. The maximum atomic E-state index is 13.3. The minimum Gasteiger partial charge on any atom is -0.507 e. The van der Waals surface area contributed by atoms with Gasteiger partial charge in [0, 0.05) is 22.7 Å². The molecule has 1 N–H and O–H groups in total. The number of anilines is 1. The van der Waals surface area contributed by atoms with Crippen LogP contribution in [0.5, 0.6) is 11.5 Å². The van der Waals surface area contributed by atoms with Crippen molar-refractivity contribution in [2.75, 3.05) is 18.1 Å². The molecule has 1 saturated heterocycles. The van der Waals surface area contributed by atoms with Crippen molar-refractivity contribution in [3.05, 3.63) is 94.0 Å². The second-order valence-corrected chi connectivity index (χ2v) is 8.50. The van der Waals surface area contributed by atoms with Crippen LogP contribution >= 0.6 is 11.6 Å². The number of rotatable bonds is 5. The minimum atomic E-state index is -0.820. The number of ether oxygens (including phenoxy) is 2. The number of hydrogen-bond donors (Lipinski definition) is 1. The lowest BCUT2D eigenvalue weighted by Crippen LogP contribution is -2.29. The SMILES string of the molecule is CCOc1ccc(N2C(=O)C(=O)/C(=C(\O)c3ccc4c(c3)CCO4)C2c2ccc(Cl)cc2)cc1. The minimum absolute atomic E-state index is 0.0278. The highest BCUT2D eigenvalue weighted by molar-refractivity contribution is 6.51. The van der Waals surface area contributed by atoms with Gasteiger partial charge in [-0.2, -0.15) is 0 Å². The molecule has 2 aliphatic heterocycles. The Hall–Kier alpha value is -3.77. The topological polar surface area (TPSA) is 76.1 Å². The van der Waals surface area contributed by atoms with Gasteiger partial charge in [0.05, 0.1) is 24.8 Å². The normalized spacial score (nSPS) is 18.6. The molecule has 172 valence electrons. The Bertz CT molecular complexity index is 1300. The lowest BCUT2D eigenvalue weighted by Gasteiger charge is -2.25. The fraction of sp³-hybridized carbons (Fsp3) is 0.185. The molecular formula is C27H22ClNO5. The van der Waals surface area contributed by atoms with Crippen LogP contribution in [0, 0.1) is 0 Å². The number of amides is 1. The summed E-state index contributed by atoms with van der Waals surface area (Å²) in [6.45, 7) is 2.98. The molecule has 5 rings (SSSR count). The summed E-state index contributed by atoms with van der Waals surface area (Å²) < 4.78 is 11.1. The van der Waals surface area contributed by atoms with Crippen LogP contribution in [0.15, 0.2) is 72.3 Å². The third-order valence-corrected chi connectivity index (χ3v) is 6.27. The summed E-state index contributed by atoms with van der Waals surface area (Å²) in [4.78, 5) is 27.9. The average molecular weight is 476 g/mol. The van der Waals surface area contributed by atoms with E-state index in [2.05, 4.69) is 0 Å². The van der Waals surface area contributed by atoms with Gasteiger partial charge in [0.2, 0.25) is 0 Å². The first-order chi connectivity index (χ1) is 16.5.